The number of hydrogen-bond acceptors (Lipinski definition) is 2. The van der Waals surface area contributed by atoms with Crippen LogP contribution in [0.4, 0.5) is 5.69 Å². The number of para-hydroxylation sites is 1. The van der Waals surface area contributed by atoms with Gasteiger partial charge in [0.15, 0.2) is 0 Å². The normalized spacial score (nSPS) is 26.0. The number of aliphatic hydroxyl groups is 1. The number of benzene rings is 3. The van der Waals surface area contributed by atoms with Gasteiger partial charge in [0.05, 0.1) is 11.6 Å². The summed E-state index contributed by atoms with van der Waals surface area (Å²) < 4.78 is 0. The topological polar surface area (TPSA) is 23.5 Å². The van der Waals surface area contributed by atoms with Crippen molar-refractivity contribution in [1.29, 1.82) is 0 Å². The summed E-state index contributed by atoms with van der Waals surface area (Å²) in [5, 5.41) is 10.9. The van der Waals surface area contributed by atoms with Crippen molar-refractivity contribution in [2.24, 2.45) is 11.8 Å². The highest BCUT2D eigenvalue weighted by Gasteiger charge is 2.57. The molecule has 3 aromatic carbocycles. The van der Waals surface area contributed by atoms with Crippen molar-refractivity contribution in [2.75, 3.05) is 11.4 Å². The zero-order chi connectivity index (χ0) is 19.0. The molecule has 1 aliphatic carbocycles. The zero-order valence-corrected chi connectivity index (χ0v) is 16.1. The third kappa shape index (κ3) is 2.59. The molecule has 3 atom stereocenters. The molecule has 2 fully saturated rings. The fraction of sp³-hybridized carbons (Fsp3) is 0.308. The minimum Gasteiger partial charge on any atom is -0.393 e. The Kier molecular flexibility index (Phi) is 4.44. The first-order valence-corrected chi connectivity index (χ1v) is 10.4. The van der Waals surface area contributed by atoms with Crippen LogP contribution < -0.4 is 4.90 Å². The zero-order valence-electron chi connectivity index (χ0n) is 16.1. The summed E-state index contributed by atoms with van der Waals surface area (Å²) in [5.74, 6) is 0.677. The molecule has 0 radical (unpaired) electrons. The maximum atomic E-state index is 10.9. The third-order valence-electron chi connectivity index (χ3n) is 6.88. The molecule has 28 heavy (non-hydrogen) atoms. The predicted molar refractivity (Wildman–Crippen MR) is 114 cm³/mol. The Morgan fingerprint density at radius 1 is 0.714 bits per heavy atom. The number of rotatable bonds is 3. The van der Waals surface area contributed by atoms with E-state index >= 15 is 0 Å². The molecule has 142 valence electrons. The lowest BCUT2D eigenvalue weighted by Crippen LogP contribution is -2.47. The van der Waals surface area contributed by atoms with Crippen LogP contribution in [-0.2, 0) is 5.54 Å². The second-order valence-electron chi connectivity index (χ2n) is 8.21. The molecule has 1 saturated heterocycles. The van der Waals surface area contributed by atoms with Crippen LogP contribution in [0, 0.1) is 11.8 Å². The Hall–Kier alpha value is -2.58. The molecule has 2 nitrogen and oxygen atoms in total. The molecule has 0 bridgehead atoms. The van der Waals surface area contributed by atoms with E-state index in [0.29, 0.717) is 5.92 Å². The maximum Gasteiger partial charge on any atom is 0.0938 e. The summed E-state index contributed by atoms with van der Waals surface area (Å²) in [5.41, 5.74) is 3.63. The standard InChI is InChI=1S/C26H27NO/c28-25-18-10-17-24-23(25)19-27(22-15-8-3-9-16-22)26(24,20-11-4-1-5-12-20)21-13-6-2-7-14-21/h1-9,11-16,23-25,28H,10,17-19H2. The van der Waals surface area contributed by atoms with Gasteiger partial charge in [-0.25, -0.2) is 0 Å². The van der Waals surface area contributed by atoms with Crippen LogP contribution in [0.1, 0.15) is 30.4 Å². The number of hydrogen-bond donors (Lipinski definition) is 1. The Morgan fingerprint density at radius 2 is 1.25 bits per heavy atom. The minimum atomic E-state index is -0.254. The average molecular weight is 370 g/mol. The van der Waals surface area contributed by atoms with Crippen molar-refractivity contribution in [2.45, 2.75) is 30.9 Å². The van der Waals surface area contributed by atoms with Crippen LogP contribution in [0.25, 0.3) is 0 Å². The van der Waals surface area contributed by atoms with Gasteiger partial charge in [0.25, 0.3) is 0 Å². The van der Waals surface area contributed by atoms with E-state index in [2.05, 4.69) is 95.9 Å². The van der Waals surface area contributed by atoms with Gasteiger partial charge in [-0.05, 0) is 42.0 Å². The fourth-order valence-corrected chi connectivity index (χ4v) is 5.77. The second kappa shape index (κ2) is 7.10. The first-order chi connectivity index (χ1) is 13.8. The summed E-state index contributed by atoms with van der Waals surface area (Å²) in [6.07, 6.45) is 2.93. The molecular weight excluding hydrogens is 342 g/mol. The fourth-order valence-electron chi connectivity index (χ4n) is 5.77. The van der Waals surface area contributed by atoms with Crippen molar-refractivity contribution in [3.05, 3.63) is 102 Å². The van der Waals surface area contributed by atoms with Crippen molar-refractivity contribution in [3.63, 3.8) is 0 Å². The predicted octanol–water partition coefficient (Wildman–Crippen LogP) is 5.23. The van der Waals surface area contributed by atoms with E-state index in [4.69, 9.17) is 0 Å². The Labute approximate surface area is 167 Å². The van der Waals surface area contributed by atoms with Gasteiger partial charge in [-0.15, -0.1) is 0 Å². The molecule has 2 aliphatic rings. The van der Waals surface area contributed by atoms with Gasteiger partial charge < -0.3 is 10.0 Å². The van der Waals surface area contributed by atoms with Crippen molar-refractivity contribution >= 4 is 5.69 Å². The molecule has 5 rings (SSSR count). The Balaban J connectivity index is 1.79. The molecule has 0 spiro atoms. The summed E-state index contributed by atoms with van der Waals surface area (Å²) in [6, 6.07) is 32.6. The van der Waals surface area contributed by atoms with Gasteiger partial charge in [0.1, 0.15) is 0 Å². The lowest BCUT2D eigenvalue weighted by atomic mass is 9.65. The molecule has 1 heterocycles. The lowest BCUT2D eigenvalue weighted by Gasteiger charge is -2.46. The highest BCUT2D eigenvalue weighted by Crippen LogP contribution is 2.56. The monoisotopic (exact) mass is 369 g/mol. The SMILES string of the molecule is OC1CCCC2C1CN(c1ccccc1)C2(c1ccccc1)c1ccccc1. The number of aliphatic hydroxyl groups excluding tert-OH is 1. The summed E-state index contributed by atoms with van der Waals surface area (Å²) in [6.45, 7) is 0.889. The van der Waals surface area contributed by atoms with E-state index in [0.717, 1.165) is 25.8 Å². The Bertz CT molecular complexity index is 869. The lowest BCUT2D eigenvalue weighted by molar-refractivity contribution is 0.0417. The quantitative estimate of drug-likeness (QED) is 0.683. The van der Waals surface area contributed by atoms with Crippen molar-refractivity contribution < 1.29 is 5.11 Å². The van der Waals surface area contributed by atoms with E-state index in [-0.39, 0.29) is 17.6 Å². The van der Waals surface area contributed by atoms with Crippen LogP contribution in [0.5, 0.6) is 0 Å². The highest BCUT2D eigenvalue weighted by atomic mass is 16.3. The molecule has 0 amide bonds. The molecule has 0 aromatic heterocycles. The first-order valence-electron chi connectivity index (χ1n) is 10.4. The molecule has 3 unspecified atom stereocenters. The van der Waals surface area contributed by atoms with Gasteiger partial charge in [0.2, 0.25) is 0 Å². The summed E-state index contributed by atoms with van der Waals surface area (Å²) >= 11 is 0. The van der Waals surface area contributed by atoms with Crippen molar-refractivity contribution in [3.8, 4) is 0 Å². The number of anilines is 1. The summed E-state index contributed by atoms with van der Waals surface area (Å²) in [7, 11) is 0. The molecule has 1 saturated carbocycles. The van der Waals surface area contributed by atoms with Gasteiger partial charge in [-0.2, -0.15) is 0 Å². The number of fused-ring (bicyclic) bond motifs is 1. The smallest absolute Gasteiger partial charge is 0.0938 e. The molecule has 1 aliphatic heterocycles. The van der Waals surface area contributed by atoms with Crippen molar-refractivity contribution in [1.82, 2.24) is 0 Å². The van der Waals surface area contributed by atoms with Crippen LogP contribution in [-0.4, -0.2) is 17.8 Å². The van der Waals surface area contributed by atoms with E-state index in [9.17, 15) is 5.11 Å². The van der Waals surface area contributed by atoms with E-state index in [1.54, 1.807) is 0 Å². The molecule has 2 heteroatoms. The van der Waals surface area contributed by atoms with Crippen LogP contribution in [0.2, 0.25) is 0 Å². The Morgan fingerprint density at radius 3 is 1.82 bits per heavy atom. The van der Waals surface area contributed by atoms with Crippen LogP contribution >= 0.6 is 0 Å². The van der Waals surface area contributed by atoms with Gasteiger partial charge in [-0.1, -0.05) is 85.3 Å². The van der Waals surface area contributed by atoms with Crippen LogP contribution in [0.3, 0.4) is 0 Å². The third-order valence-corrected chi connectivity index (χ3v) is 6.88. The minimum absolute atomic E-state index is 0.223. The van der Waals surface area contributed by atoms with E-state index in [1.807, 2.05) is 0 Å². The van der Waals surface area contributed by atoms with Crippen LogP contribution in [0.15, 0.2) is 91.0 Å². The molecular formula is C26H27NO. The molecule has 1 N–H and O–H groups in total. The number of nitrogens with zero attached hydrogens (tertiary/aromatic N) is 1. The second-order valence-corrected chi connectivity index (χ2v) is 8.21. The van der Waals surface area contributed by atoms with Gasteiger partial charge >= 0.3 is 0 Å². The van der Waals surface area contributed by atoms with E-state index < -0.39 is 0 Å². The van der Waals surface area contributed by atoms with E-state index in [1.165, 1.54) is 16.8 Å². The van der Waals surface area contributed by atoms with Gasteiger partial charge in [0, 0.05) is 18.2 Å². The summed E-state index contributed by atoms with van der Waals surface area (Å²) in [4.78, 5) is 2.57. The van der Waals surface area contributed by atoms with Gasteiger partial charge in [-0.3, -0.25) is 0 Å². The largest absolute Gasteiger partial charge is 0.393 e. The average Bonchev–Trinajstić information content (AvgIpc) is 3.13. The first kappa shape index (κ1) is 17.5. The highest BCUT2D eigenvalue weighted by molar-refractivity contribution is 5.59. The maximum absolute atomic E-state index is 10.9. The molecule has 3 aromatic rings.